The zero-order valence-electron chi connectivity index (χ0n) is 25.9. The van der Waals surface area contributed by atoms with E-state index in [1.54, 1.807) is 4.90 Å². The summed E-state index contributed by atoms with van der Waals surface area (Å²) in [6.07, 6.45) is 0.934. The topological polar surface area (TPSA) is 299 Å². The van der Waals surface area contributed by atoms with E-state index >= 15 is 0 Å². The minimum absolute atomic E-state index is 0.0636. The number of aliphatic hydroxyl groups is 1. The number of nitrogens with two attached hydrogens (primary N) is 1. The Hall–Kier alpha value is -3.44. The molecule has 262 valence electrons. The van der Waals surface area contributed by atoms with Crippen molar-refractivity contribution in [3.8, 4) is 0 Å². The van der Waals surface area contributed by atoms with E-state index in [0.717, 1.165) is 0 Å². The molecule has 1 fully saturated rings. The van der Waals surface area contributed by atoms with Gasteiger partial charge in [0.05, 0.1) is 38.7 Å². The van der Waals surface area contributed by atoms with Crippen molar-refractivity contribution < 1.29 is 59.2 Å². The lowest BCUT2D eigenvalue weighted by atomic mass is 9.78. The Morgan fingerprint density at radius 2 is 1.43 bits per heavy atom. The average Bonchev–Trinajstić information content (AvgIpc) is 3.47. The number of nitrogens with one attached hydrogen (secondary N) is 3. The van der Waals surface area contributed by atoms with Gasteiger partial charge < -0.3 is 57.1 Å². The van der Waals surface area contributed by atoms with Crippen molar-refractivity contribution in [2.45, 2.75) is 37.8 Å². The van der Waals surface area contributed by atoms with Crippen molar-refractivity contribution in [3.05, 3.63) is 0 Å². The highest BCUT2D eigenvalue weighted by Gasteiger charge is 2.39. The van der Waals surface area contributed by atoms with Crippen LogP contribution in [-0.2, 0) is 28.8 Å². The third-order valence-corrected chi connectivity index (χ3v) is 7.18. The Morgan fingerprint density at radius 1 is 0.870 bits per heavy atom. The van der Waals surface area contributed by atoms with E-state index in [0.29, 0.717) is 12.8 Å². The van der Waals surface area contributed by atoms with Crippen LogP contribution in [0.15, 0.2) is 0 Å². The Kier molecular flexibility index (Phi) is 18.9. The Morgan fingerprint density at radius 3 is 1.96 bits per heavy atom. The molecule has 3 amide bonds. The summed E-state index contributed by atoms with van der Waals surface area (Å²) in [6, 6.07) is -2.53. The number of carboxylic acids is 3. The lowest BCUT2D eigenvalue weighted by Crippen LogP contribution is -2.57. The maximum atomic E-state index is 12.9. The summed E-state index contributed by atoms with van der Waals surface area (Å²) in [5.74, 6) is -6.26. The quantitative estimate of drug-likeness (QED) is 0.0261. The van der Waals surface area contributed by atoms with Gasteiger partial charge in [0.2, 0.25) is 17.7 Å². The minimum atomic E-state index is -1.74. The molecule has 0 radical (unpaired) electrons. The number of aliphatic carboxylic acids is 3. The first-order valence-corrected chi connectivity index (χ1v) is 14.8. The Balaban J connectivity index is 2.84. The fourth-order valence-corrected chi connectivity index (χ4v) is 4.79. The maximum absolute atomic E-state index is 12.9. The summed E-state index contributed by atoms with van der Waals surface area (Å²) in [7, 11) is -1.74. The van der Waals surface area contributed by atoms with Gasteiger partial charge in [0, 0.05) is 52.5 Å². The number of rotatable bonds is 24. The van der Waals surface area contributed by atoms with Crippen LogP contribution in [0.5, 0.6) is 0 Å². The molecule has 0 aromatic carbocycles. The van der Waals surface area contributed by atoms with Gasteiger partial charge in [0.15, 0.2) is 0 Å². The number of aliphatic hydroxyl groups excluding tert-OH is 1. The van der Waals surface area contributed by atoms with Crippen LogP contribution in [0.2, 0.25) is 0 Å². The van der Waals surface area contributed by atoms with Gasteiger partial charge in [0.25, 0.3) is 0 Å². The highest BCUT2D eigenvalue weighted by Crippen LogP contribution is 2.19. The lowest BCUT2D eigenvalue weighted by Gasteiger charge is -2.29. The first kappa shape index (κ1) is 40.6. The molecule has 0 unspecified atom stereocenters. The highest BCUT2D eigenvalue weighted by molar-refractivity contribution is 6.43. The molecule has 1 aliphatic heterocycles. The molecule has 0 saturated carbocycles. The molecule has 11 N–H and O–H groups in total. The van der Waals surface area contributed by atoms with E-state index in [-0.39, 0.29) is 78.7 Å². The molecule has 1 rings (SSSR count). The summed E-state index contributed by atoms with van der Waals surface area (Å²) >= 11 is 0. The van der Waals surface area contributed by atoms with E-state index in [4.69, 9.17) is 15.9 Å². The molecule has 0 aromatic heterocycles. The summed E-state index contributed by atoms with van der Waals surface area (Å²) < 4.78 is 0. The predicted octanol–water partition coefficient (Wildman–Crippen LogP) is -6.36. The first-order valence-electron chi connectivity index (χ1n) is 14.8. The van der Waals surface area contributed by atoms with Gasteiger partial charge in [-0.2, -0.15) is 0 Å². The Labute approximate surface area is 266 Å². The van der Waals surface area contributed by atoms with Crippen molar-refractivity contribution in [1.29, 1.82) is 0 Å². The van der Waals surface area contributed by atoms with E-state index < -0.39 is 67.4 Å². The maximum Gasteiger partial charge on any atom is 0.475 e. The van der Waals surface area contributed by atoms with Gasteiger partial charge in [-0.05, 0) is 19.8 Å². The smallest absolute Gasteiger partial charge is 0.475 e. The van der Waals surface area contributed by atoms with Crippen molar-refractivity contribution in [1.82, 2.24) is 35.6 Å². The monoisotopic (exact) mass is 662 g/mol. The standard InChI is InChI=1S/C25H47BN8O12/c1-17(25(44)34-5-2-3-19(34)26(45)46)29-24(43)18(15-35)30-20(36)12-31(6-4-28-11-21(37)38)7-8-32(13-22(39)40)9-10-33(16-27)14-23(41)42/h17-19,28,35,45-46H,2-16,27H2,1H3,(H,29,43)(H,30,36)(H,37,38)(H,39,40)(H,41,42)/t17-,18+,19+/m1/s1. The van der Waals surface area contributed by atoms with Crippen LogP contribution >= 0.6 is 0 Å². The van der Waals surface area contributed by atoms with Crippen molar-refractivity contribution in [2.24, 2.45) is 5.73 Å². The lowest BCUT2D eigenvalue weighted by molar-refractivity contribution is -0.140. The average molecular weight is 663 g/mol. The van der Waals surface area contributed by atoms with Crippen LogP contribution in [0.3, 0.4) is 0 Å². The molecule has 20 nitrogen and oxygen atoms in total. The Bertz CT molecular complexity index is 1030. The third kappa shape index (κ3) is 15.7. The molecule has 0 bridgehead atoms. The second kappa shape index (κ2) is 21.4. The number of nitrogens with zero attached hydrogens (tertiary/aromatic N) is 4. The molecule has 46 heavy (non-hydrogen) atoms. The zero-order valence-corrected chi connectivity index (χ0v) is 25.9. The highest BCUT2D eigenvalue weighted by atomic mass is 16.4. The second-order valence-electron chi connectivity index (χ2n) is 10.8. The molecule has 1 aliphatic rings. The van der Waals surface area contributed by atoms with Gasteiger partial charge in [-0.25, -0.2) is 0 Å². The van der Waals surface area contributed by atoms with Crippen LogP contribution in [0.25, 0.3) is 0 Å². The number of carboxylic acid groups (broad SMARTS) is 3. The molecule has 1 heterocycles. The normalized spacial score (nSPS) is 16.0. The molecule has 1 saturated heterocycles. The van der Waals surface area contributed by atoms with E-state index in [2.05, 4.69) is 16.0 Å². The SMILES string of the molecule is C[C@@H](NC(=O)[C@H](CO)NC(=O)CN(CCNCC(=O)O)CCN(CCN(CN)CC(=O)O)CC(=O)O)C(=O)N1CCC[C@H]1B(O)O. The minimum Gasteiger partial charge on any atom is -0.480 e. The van der Waals surface area contributed by atoms with Gasteiger partial charge in [-0.3, -0.25) is 43.5 Å². The van der Waals surface area contributed by atoms with Crippen LogP contribution in [0.1, 0.15) is 19.8 Å². The van der Waals surface area contributed by atoms with Gasteiger partial charge in [-0.1, -0.05) is 0 Å². The van der Waals surface area contributed by atoms with Gasteiger partial charge >= 0.3 is 25.0 Å². The fraction of sp³-hybridized carbons (Fsp3) is 0.760. The summed E-state index contributed by atoms with van der Waals surface area (Å²) in [5.41, 5.74) is 5.58. The molecule has 0 spiro atoms. The summed E-state index contributed by atoms with van der Waals surface area (Å²) in [4.78, 5) is 77.6. The zero-order chi connectivity index (χ0) is 34.8. The van der Waals surface area contributed by atoms with Crippen molar-refractivity contribution in [2.75, 3.05) is 85.3 Å². The van der Waals surface area contributed by atoms with Crippen LogP contribution in [-0.4, -0.2) is 196 Å². The van der Waals surface area contributed by atoms with Crippen LogP contribution < -0.4 is 21.7 Å². The number of carbonyl (C=O) groups is 6. The number of hydrogen-bond donors (Lipinski definition) is 10. The number of amides is 3. The van der Waals surface area contributed by atoms with Crippen LogP contribution in [0.4, 0.5) is 0 Å². The first-order chi connectivity index (χ1) is 21.7. The molecule has 3 atom stereocenters. The number of hydrogen-bond acceptors (Lipinski definition) is 14. The summed E-state index contributed by atoms with van der Waals surface area (Å²) in [6.45, 7) is 0.220. The van der Waals surface area contributed by atoms with Gasteiger partial charge in [-0.15, -0.1) is 0 Å². The summed E-state index contributed by atoms with van der Waals surface area (Å²) in [5, 5.41) is 63.6. The van der Waals surface area contributed by atoms with E-state index in [9.17, 15) is 49.0 Å². The molecular formula is C25H47BN8O12. The molecule has 0 aliphatic carbocycles. The van der Waals surface area contributed by atoms with E-state index in [1.165, 1.54) is 21.6 Å². The molecule has 21 heteroatoms. The van der Waals surface area contributed by atoms with Crippen LogP contribution in [0, 0.1) is 0 Å². The third-order valence-electron chi connectivity index (χ3n) is 7.18. The van der Waals surface area contributed by atoms with E-state index in [1.807, 2.05) is 0 Å². The molecule has 0 aromatic rings. The molecular weight excluding hydrogens is 615 g/mol. The number of carbonyl (C=O) groups excluding carboxylic acids is 3. The largest absolute Gasteiger partial charge is 0.480 e. The van der Waals surface area contributed by atoms with Crippen molar-refractivity contribution in [3.63, 3.8) is 0 Å². The predicted molar refractivity (Wildman–Crippen MR) is 161 cm³/mol. The second-order valence-corrected chi connectivity index (χ2v) is 10.8. The van der Waals surface area contributed by atoms with Crippen molar-refractivity contribution >= 4 is 42.7 Å². The number of likely N-dealkylation sites (tertiary alicyclic amines) is 1. The fourth-order valence-electron chi connectivity index (χ4n) is 4.79. The van der Waals surface area contributed by atoms with Gasteiger partial charge in [0.1, 0.15) is 12.1 Å².